The number of anilines is 1. The maximum Gasteiger partial charge on any atom is 0.249 e. The summed E-state index contributed by atoms with van der Waals surface area (Å²) in [7, 11) is 1.65. The highest BCUT2D eigenvalue weighted by molar-refractivity contribution is 9.10. The van der Waals surface area contributed by atoms with Crippen molar-refractivity contribution < 1.29 is 14.3 Å². The molecule has 2 N–H and O–H groups in total. The van der Waals surface area contributed by atoms with E-state index in [9.17, 15) is 9.59 Å². The number of ether oxygens (including phenoxy) is 1. The number of amides is 2. The molecule has 0 aromatic heterocycles. The van der Waals surface area contributed by atoms with E-state index in [0.717, 1.165) is 44.4 Å². The van der Waals surface area contributed by atoms with E-state index in [-0.39, 0.29) is 17.9 Å². The molecule has 7 heteroatoms. The molecule has 3 aromatic rings. The van der Waals surface area contributed by atoms with E-state index < -0.39 is 6.04 Å². The van der Waals surface area contributed by atoms with Crippen LogP contribution in [0.2, 0.25) is 0 Å². The minimum Gasteiger partial charge on any atom is -0.496 e. The minimum atomic E-state index is -0.592. The maximum absolute atomic E-state index is 14.0. The minimum absolute atomic E-state index is 0.0983. The molecule has 0 saturated heterocycles. The molecule has 2 atom stereocenters. The van der Waals surface area contributed by atoms with E-state index in [1.54, 1.807) is 7.11 Å². The van der Waals surface area contributed by atoms with E-state index in [2.05, 4.69) is 44.8 Å². The number of benzene rings is 3. The van der Waals surface area contributed by atoms with Crippen LogP contribution in [-0.4, -0.2) is 37.6 Å². The van der Waals surface area contributed by atoms with Gasteiger partial charge in [-0.15, -0.1) is 0 Å². The molecule has 5 rings (SSSR count). The molecule has 0 radical (unpaired) electrons. The first-order valence-electron chi connectivity index (χ1n) is 12.6. The van der Waals surface area contributed by atoms with E-state index in [0.29, 0.717) is 25.3 Å². The number of para-hydroxylation sites is 1. The van der Waals surface area contributed by atoms with E-state index >= 15 is 0 Å². The Kier molecular flexibility index (Phi) is 7.30. The van der Waals surface area contributed by atoms with Crippen LogP contribution in [0.25, 0.3) is 10.8 Å². The molecule has 1 heterocycles. The number of carbonyl (C=O) groups is 2. The Bertz CT molecular complexity index is 1290. The molecule has 1 aliphatic carbocycles. The van der Waals surface area contributed by atoms with Crippen LogP contribution in [-0.2, 0) is 22.6 Å². The lowest BCUT2D eigenvalue weighted by Gasteiger charge is -2.28. The Morgan fingerprint density at radius 2 is 1.94 bits per heavy atom. The summed E-state index contributed by atoms with van der Waals surface area (Å²) in [6.45, 7) is 3.06. The van der Waals surface area contributed by atoms with E-state index in [4.69, 9.17) is 4.74 Å². The molecule has 1 aliphatic heterocycles. The molecule has 0 bridgehead atoms. The first kappa shape index (κ1) is 24.8. The molecule has 2 unspecified atom stereocenters. The van der Waals surface area contributed by atoms with Gasteiger partial charge in [0.1, 0.15) is 11.8 Å². The van der Waals surface area contributed by atoms with Gasteiger partial charge in [0.2, 0.25) is 11.8 Å². The van der Waals surface area contributed by atoms with Gasteiger partial charge >= 0.3 is 0 Å². The largest absolute Gasteiger partial charge is 0.496 e. The number of hydrogen-bond acceptors (Lipinski definition) is 4. The quantitative estimate of drug-likeness (QED) is 0.416. The Labute approximate surface area is 220 Å². The van der Waals surface area contributed by atoms with Crippen molar-refractivity contribution in [2.24, 2.45) is 5.92 Å². The average Bonchev–Trinajstić information content (AvgIpc) is 3.73. The summed E-state index contributed by atoms with van der Waals surface area (Å²) in [6, 6.07) is 17.2. The van der Waals surface area contributed by atoms with Crippen LogP contribution >= 0.6 is 15.9 Å². The van der Waals surface area contributed by atoms with Crippen LogP contribution in [0.3, 0.4) is 0 Å². The van der Waals surface area contributed by atoms with Gasteiger partial charge in [0, 0.05) is 15.7 Å². The highest BCUT2D eigenvalue weighted by Gasteiger charge is 2.33. The molecule has 1 saturated carbocycles. The third-order valence-electron chi connectivity index (χ3n) is 7.25. The molecular weight excluding hydrogens is 518 g/mol. The van der Waals surface area contributed by atoms with Crippen molar-refractivity contribution in [2.75, 3.05) is 18.6 Å². The summed E-state index contributed by atoms with van der Waals surface area (Å²) < 4.78 is 6.72. The first-order valence-corrected chi connectivity index (χ1v) is 13.4. The zero-order chi connectivity index (χ0) is 25.2. The number of nitrogens with one attached hydrogen (secondary N) is 2. The van der Waals surface area contributed by atoms with Crippen LogP contribution in [0.5, 0.6) is 5.75 Å². The van der Waals surface area contributed by atoms with Crippen molar-refractivity contribution in [3.63, 3.8) is 0 Å². The maximum atomic E-state index is 14.0. The number of methoxy groups -OCH3 is 1. The van der Waals surface area contributed by atoms with Gasteiger partial charge < -0.3 is 20.3 Å². The third-order valence-corrected chi connectivity index (χ3v) is 7.75. The lowest BCUT2D eigenvalue weighted by Crippen LogP contribution is -2.52. The molecule has 2 amide bonds. The second-order valence-electron chi connectivity index (χ2n) is 9.84. The summed E-state index contributed by atoms with van der Waals surface area (Å²) in [6.07, 6.45) is 3.73. The number of hydrogen-bond donors (Lipinski definition) is 2. The number of halogens is 1. The number of aryl methyl sites for hydroxylation is 1. The van der Waals surface area contributed by atoms with Gasteiger partial charge in [-0.1, -0.05) is 46.3 Å². The highest BCUT2D eigenvalue weighted by Crippen LogP contribution is 2.35. The van der Waals surface area contributed by atoms with Crippen molar-refractivity contribution in [2.45, 2.75) is 51.2 Å². The Balaban J connectivity index is 1.46. The van der Waals surface area contributed by atoms with Crippen LogP contribution in [0, 0.1) is 5.92 Å². The standard InChI is InChI=1S/C29H32BrN3O3/c1-18(31-16-19-7-8-19)28(34)32-25-13-9-20-5-3-4-6-26(20)33(29(25)35)17-24-23-12-11-22(30)15-21(23)10-14-27(24)36-2/h3-6,10-12,14-15,18-19,25,31H,7-9,13,16-17H2,1-2H3,(H,32,34). The molecule has 1 fully saturated rings. The van der Waals surface area contributed by atoms with Gasteiger partial charge in [0.25, 0.3) is 0 Å². The smallest absolute Gasteiger partial charge is 0.249 e. The highest BCUT2D eigenvalue weighted by atomic mass is 79.9. The van der Waals surface area contributed by atoms with Gasteiger partial charge in [-0.05, 0) is 85.7 Å². The molecule has 36 heavy (non-hydrogen) atoms. The topological polar surface area (TPSA) is 70.7 Å². The second kappa shape index (κ2) is 10.6. The molecule has 3 aromatic carbocycles. The number of nitrogens with zero attached hydrogens (tertiary/aromatic N) is 1. The SMILES string of the molecule is COc1ccc2cc(Br)ccc2c1CN1C(=O)C(NC(=O)C(C)NCC2CC2)CCc2ccccc21. The summed E-state index contributed by atoms with van der Waals surface area (Å²) in [5.74, 6) is 1.19. The normalized spacial score (nSPS) is 18.5. The predicted octanol–water partition coefficient (Wildman–Crippen LogP) is 4.96. The third kappa shape index (κ3) is 5.27. The van der Waals surface area contributed by atoms with Gasteiger partial charge in [-0.25, -0.2) is 0 Å². The van der Waals surface area contributed by atoms with Crippen molar-refractivity contribution in [1.29, 1.82) is 0 Å². The monoisotopic (exact) mass is 549 g/mol. The number of carbonyl (C=O) groups excluding carboxylic acids is 2. The zero-order valence-corrected chi connectivity index (χ0v) is 22.3. The lowest BCUT2D eigenvalue weighted by atomic mass is 10.0. The fourth-order valence-corrected chi connectivity index (χ4v) is 5.30. The summed E-state index contributed by atoms with van der Waals surface area (Å²) in [5, 5.41) is 8.46. The Morgan fingerprint density at radius 1 is 1.14 bits per heavy atom. The van der Waals surface area contributed by atoms with E-state index in [1.165, 1.54) is 12.8 Å². The fraction of sp³-hybridized carbons (Fsp3) is 0.379. The second-order valence-corrected chi connectivity index (χ2v) is 10.8. The molecular formula is C29H32BrN3O3. The number of fused-ring (bicyclic) bond motifs is 2. The fourth-order valence-electron chi connectivity index (χ4n) is 4.93. The molecule has 2 aliphatic rings. The molecule has 188 valence electrons. The summed E-state index contributed by atoms with van der Waals surface area (Å²) in [4.78, 5) is 28.8. The summed E-state index contributed by atoms with van der Waals surface area (Å²) >= 11 is 3.56. The van der Waals surface area contributed by atoms with Crippen molar-refractivity contribution in [3.05, 3.63) is 70.2 Å². The van der Waals surface area contributed by atoms with Crippen molar-refractivity contribution >= 4 is 44.2 Å². The predicted molar refractivity (Wildman–Crippen MR) is 146 cm³/mol. The molecule has 6 nitrogen and oxygen atoms in total. The van der Waals surface area contributed by atoms with Gasteiger partial charge in [-0.3, -0.25) is 9.59 Å². The number of rotatable bonds is 8. The van der Waals surface area contributed by atoms with Gasteiger partial charge in [0.05, 0.1) is 19.7 Å². The first-order chi connectivity index (χ1) is 17.4. The van der Waals surface area contributed by atoms with Crippen molar-refractivity contribution in [1.82, 2.24) is 10.6 Å². The van der Waals surface area contributed by atoms with Crippen LogP contribution in [0.1, 0.15) is 37.3 Å². The Morgan fingerprint density at radius 3 is 2.72 bits per heavy atom. The average molecular weight is 550 g/mol. The van der Waals surface area contributed by atoms with Crippen LogP contribution < -0.4 is 20.3 Å². The van der Waals surface area contributed by atoms with Gasteiger partial charge in [-0.2, -0.15) is 0 Å². The summed E-state index contributed by atoms with van der Waals surface area (Å²) in [5.41, 5.74) is 2.93. The lowest BCUT2D eigenvalue weighted by molar-refractivity contribution is -0.128. The van der Waals surface area contributed by atoms with Crippen LogP contribution in [0.4, 0.5) is 5.69 Å². The van der Waals surface area contributed by atoms with Crippen LogP contribution in [0.15, 0.2) is 59.1 Å². The van der Waals surface area contributed by atoms with Gasteiger partial charge in [0.15, 0.2) is 0 Å². The molecule has 0 spiro atoms. The van der Waals surface area contributed by atoms with Crippen molar-refractivity contribution in [3.8, 4) is 5.75 Å². The van der Waals surface area contributed by atoms with E-state index in [1.807, 2.05) is 48.2 Å². The Hall–Kier alpha value is -2.90. The zero-order valence-electron chi connectivity index (χ0n) is 20.7.